The summed E-state index contributed by atoms with van der Waals surface area (Å²) in [6.45, 7) is 4.00. The van der Waals surface area contributed by atoms with Crippen LogP contribution in [0.1, 0.15) is 19.4 Å². The van der Waals surface area contributed by atoms with E-state index in [2.05, 4.69) is 4.98 Å². The van der Waals surface area contributed by atoms with Crippen LogP contribution in [0.4, 0.5) is 23.4 Å². The van der Waals surface area contributed by atoms with Gasteiger partial charge in [0.05, 0.1) is 11.8 Å². The molecule has 0 aliphatic rings. The fraction of sp³-hybridized carbons (Fsp3) is 0.214. The lowest BCUT2D eigenvalue weighted by atomic mass is 10.2. The Morgan fingerprint density at radius 3 is 2.29 bits per heavy atom. The SMILES string of the molecule is CC.Nc1ccc(Oc2cc(F)ccc2C(F)(F)F)cn1. The lowest BCUT2D eigenvalue weighted by molar-refractivity contribution is -0.138. The minimum Gasteiger partial charge on any atom is -0.455 e. The van der Waals surface area contributed by atoms with Gasteiger partial charge >= 0.3 is 6.18 Å². The average Bonchev–Trinajstić information content (AvgIpc) is 2.42. The molecule has 0 aliphatic carbocycles. The highest BCUT2D eigenvalue weighted by molar-refractivity contribution is 5.41. The number of rotatable bonds is 2. The van der Waals surface area contributed by atoms with Gasteiger partial charge in [0.25, 0.3) is 0 Å². The number of halogens is 4. The number of pyridine rings is 1. The Morgan fingerprint density at radius 1 is 1.10 bits per heavy atom. The molecule has 0 atom stereocenters. The molecule has 7 heteroatoms. The molecule has 114 valence electrons. The third-order valence-electron chi connectivity index (χ3n) is 2.24. The van der Waals surface area contributed by atoms with Crippen molar-refractivity contribution in [2.45, 2.75) is 20.0 Å². The number of hydrogen-bond donors (Lipinski definition) is 1. The zero-order valence-corrected chi connectivity index (χ0v) is 11.4. The average molecular weight is 302 g/mol. The number of nitrogens with two attached hydrogens (primary N) is 1. The molecular weight excluding hydrogens is 288 g/mol. The number of aromatic nitrogens is 1. The first-order valence-corrected chi connectivity index (χ1v) is 6.12. The molecule has 2 N–H and O–H groups in total. The molecule has 1 aromatic heterocycles. The van der Waals surface area contributed by atoms with E-state index in [1.54, 1.807) is 0 Å². The van der Waals surface area contributed by atoms with Crippen LogP contribution >= 0.6 is 0 Å². The second-order valence-corrected chi connectivity index (χ2v) is 3.66. The van der Waals surface area contributed by atoms with Crippen molar-refractivity contribution in [1.29, 1.82) is 0 Å². The van der Waals surface area contributed by atoms with Crippen molar-refractivity contribution < 1.29 is 22.3 Å². The van der Waals surface area contributed by atoms with Crippen molar-refractivity contribution in [3.63, 3.8) is 0 Å². The Bertz CT molecular complexity index is 583. The second kappa shape index (κ2) is 6.92. The van der Waals surface area contributed by atoms with Gasteiger partial charge in [0.2, 0.25) is 0 Å². The molecule has 1 heterocycles. The highest BCUT2D eigenvalue weighted by Gasteiger charge is 2.34. The van der Waals surface area contributed by atoms with Crippen molar-refractivity contribution in [1.82, 2.24) is 4.98 Å². The zero-order chi connectivity index (χ0) is 16.0. The van der Waals surface area contributed by atoms with Crippen LogP contribution in [-0.2, 0) is 6.18 Å². The molecular formula is C14H14F4N2O. The van der Waals surface area contributed by atoms with Gasteiger partial charge in [0.15, 0.2) is 0 Å². The van der Waals surface area contributed by atoms with Gasteiger partial charge in [0.1, 0.15) is 23.1 Å². The van der Waals surface area contributed by atoms with Gasteiger partial charge in [-0.2, -0.15) is 13.2 Å². The third kappa shape index (κ3) is 4.62. The standard InChI is InChI=1S/C12H8F4N2O.C2H6/c13-7-1-3-9(12(14,15)16)10(5-7)19-8-2-4-11(17)18-6-8;1-2/h1-6H,(H2,17,18);1-2H3. The van der Waals surface area contributed by atoms with E-state index in [0.717, 1.165) is 12.3 Å². The molecule has 0 fully saturated rings. The van der Waals surface area contributed by atoms with Gasteiger partial charge in [-0.25, -0.2) is 9.37 Å². The molecule has 2 aromatic rings. The van der Waals surface area contributed by atoms with E-state index >= 15 is 0 Å². The third-order valence-corrected chi connectivity index (χ3v) is 2.24. The van der Waals surface area contributed by atoms with Crippen molar-refractivity contribution in [3.05, 3.63) is 47.9 Å². The smallest absolute Gasteiger partial charge is 0.419 e. The van der Waals surface area contributed by atoms with Crippen LogP contribution in [0.3, 0.4) is 0 Å². The first-order chi connectivity index (χ1) is 9.86. The highest BCUT2D eigenvalue weighted by atomic mass is 19.4. The fourth-order valence-corrected chi connectivity index (χ4v) is 1.39. The summed E-state index contributed by atoms with van der Waals surface area (Å²) in [6, 6.07) is 4.71. The normalized spacial score (nSPS) is 10.6. The quantitative estimate of drug-likeness (QED) is 0.822. The van der Waals surface area contributed by atoms with E-state index in [1.165, 1.54) is 12.1 Å². The molecule has 0 amide bonds. The van der Waals surface area contributed by atoms with Gasteiger partial charge in [-0.15, -0.1) is 0 Å². The molecule has 1 aromatic carbocycles. The fourth-order valence-electron chi connectivity index (χ4n) is 1.39. The molecule has 2 rings (SSSR count). The zero-order valence-electron chi connectivity index (χ0n) is 11.4. The van der Waals surface area contributed by atoms with Crippen molar-refractivity contribution in [2.75, 3.05) is 5.73 Å². The van der Waals surface area contributed by atoms with Crippen LogP contribution in [0, 0.1) is 5.82 Å². The van der Waals surface area contributed by atoms with E-state index in [-0.39, 0.29) is 11.6 Å². The summed E-state index contributed by atoms with van der Waals surface area (Å²) >= 11 is 0. The maximum atomic E-state index is 13.0. The number of nitrogens with zero attached hydrogens (tertiary/aromatic N) is 1. The molecule has 0 saturated carbocycles. The van der Waals surface area contributed by atoms with Crippen LogP contribution < -0.4 is 10.5 Å². The van der Waals surface area contributed by atoms with Gasteiger partial charge in [0, 0.05) is 6.07 Å². The minimum absolute atomic E-state index is 0.0327. The number of nitrogen functional groups attached to an aromatic ring is 1. The number of ether oxygens (including phenoxy) is 1. The summed E-state index contributed by atoms with van der Waals surface area (Å²) in [5, 5.41) is 0. The molecule has 0 saturated heterocycles. The van der Waals surface area contributed by atoms with Gasteiger partial charge in [-0.3, -0.25) is 0 Å². The Kier molecular flexibility index (Phi) is 5.52. The van der Waals surface area contributed by atoms with Crippen LogP contribution in [0.2, 0.25) is 0 Å². The summed E-state index contributed by atoms with van der Waals surface area (Å²) in [7, 11) is 0. The molecule has 0 bridgehead atoms. The van der Waals surface area contributed by atoms with Crippen LogP contribution in [0.25, 0.3) is 0 Å². The van der Waals surface area contributed by atoms with E-state index in [9.17, 15) is 17.6 Å². The molecule has 0 radical (unpaired) electrons. The number of benzene rings is 1. The predicted molar refractivity (Wildman–Crippen MR) is 71.5 cm³/mol. The molecule has 3 nitrogen and oxygen atoms in total. The Hall–Kier alpha value is -2.31. The predicted octanol–water partition coefficient (Wildman–Crippen LogP) is 4.64. The molecule has 0 spiro atoms. The number of hydrogen-bond acceptors (Lipinski definition) is 3. The van der Waals surface area contributed by atoms with Crippen molar-refractivity contribution in [2.24, 2.45) is 0 Å². The summed E-state index contributed by atoms with van der Waals surface area (Å²) in [4.78, 5) is 3.67. The van der Waals surface area contributed by atoms with Gasteiger partial charge in [-0.1, -0.05) is 13.8 Å². The van der Waals surface area contributed by atoms with Crippen molar-refractivity contribution in [3.8, 4) is 11.5 Å². The minimum atomic E-state index is -4.63. The maximum Gasteiger partial charge on any atom is 0.419 e. The topological polar surface area (TPSA) is 48.1 Å². The van der Waals surface area contributed by atoms with Crippen LogP contribution in [0.5, 0.6) is 11.5 Å². The van der Waals surface area contributed by atoms with E-state index < -0.39 is 23.3 Å². The molecule has 0 aliphatic heterocycles. The Morgan fingerprint density at radius 2 is 1.76 bits per heavy atom. The van der Waals surface area contributed by atoms with Crippen LogP contribution in [0.15, 0.2) is 36.5 Å². The Balaban J connectivity index is 0.00000106. The van der Waals surface area contributed by atoms with Gasteiger partial charge < -0.3 is 10.5 Å². The van der Waals surface area contributed by atoms with Crippen LogP contribution in [-0.4, -0.2) is 4.98 Å². The summed E-state index contributed by atoms with van der Waals surface area (Å²) in [5.41, 5.74) is 4.27. The van der Waals surface area contributed by atoms with E-state index in [1.807, 2.05) is 13.8 Å². The first kappa shape index (κ1) is 16.7. The Labute approximate surface area is 119 Å². The first-order valence-electron chi connectivity index (χ1n) is 6.12. The maximum absolute atomic E-state index is 13.0. The summed E-state index contributed by atoms with van der Waals surface area (Å²) in [6.07, 6.45) is -3.48. The summed E-state index contributed by atoms with van der Waals surface area (Å²) < 4.78 is 56.1. The second-order valence-electron chi connectivity index (χ2n) is 3.66. The largest absolute Gasteiger partial charge is 0.455 e. The number of alkyl halides is 3. The monoisotopic (exact) mass is 302 g/mol. The summed E-state index contributed by atoms with van der Waals surface area (Å²) in [5.74, 6) is -1.22. The lowest BCUT2D eigenvalue weighted by Crippen LogP contribution is -2.07. The molecule has 21 heavy (non-hydrogen) atoms. The van der Waals surface area contributed by atoms with E-state index in [0.29, 0.717) is 12.1 Å². The van der Waals surface area contributed by atoms with E-state index in [4.69, 9.17) is 10.5 Å². The molecule has 0 unspecified atom stereocenters. The number of anilines is 1. The van der Waals surface area contributed by atoms with Gasteiger partial charge in [-0.05, 0) is 24.3 Å². The van der Waals surface area contributed by atoms with Crippen molar-refractivity contribution >= 4 is 5.82 Å². The lowest BCUT2D eigenvalue weighted by Gasteiger charge is -2.13. The highest BCUT2D eigenvalue weighted by Crippen LogP contribution is 2.38.